The number of rotatable bonds is 10. The van der Waals surface area contributed by atoms with E-state index in [0.29, 0.717) is 29.9 Å². The van der Waals surface area contributed by atoms with Crippen molar-refractivity contribution >= 4 is 38.6 Å². The highest BCUT2D eigenvalue weighted by Gasteiger charge is 2.30. The van der Waals surface area contributed by atoms with Crippen molar-refractivity contribution in [1.82, 2.24) is 15.0 Å². The summed E-state index contributed by atoms with van der Waals surface area (Å²) in [6.45, 7) is 3.33. The van der Waals surface area contributed by atoms with Crippen molar-refractivity contribution in [1.29, 1.82) is 0 Å². The maximum Gasteiger partial charge on any atom is 0.266 e. The van der Waals surface area contributed by atoms with Crippen LogP contribution in [0.25, 0.3) is 11.1 Å². The van der Waals surface area contributed by atoms with E-state index < -0.39 is 33.8 Å². The van der Waals surface area contributed by atoms with Gasteiger partial charge in [-0.2, -0.15) is 0 Å². The third kappa shape index (κ3) is 6.86. The highest BCUT2D eigenvalue weighted by atomic mass is 32.2. The predicted molar refractivity (Wildman–Crippen MR) is 145 cm³/mol. The van der Waals surface area contributed by atoms with Gasteiger partial charge in [-0.15, -0.1) is 0 Å². The SMILES string of the molecule is CC[C@H](NC(=O)[C@H](CC1CCCCC1)N=C(C)NS(=O)(=O)c1ccccc1)C(=O)c1nc2ccccc2o1. The van der Waals surface area contributed by atoms with Gasteiger partial charge in [0.2, 0.25) is 11.7 Å². The number of Topliss-reactive ketones (excluding diaryl/α,β-unsaturated/α-hetero) is 1. The number of amides is 1. The Kier molecular flexibility index (Phi) is 8.93. The normalized spacial score (nSPS) is 16.6. The molecular weight excluding hydrogens is 504 g/mol. The van der Waals surface area contributed by atoms with Crippen LogP contribution >= 0.6 is 0 Å². The maximum atomic E-state index is 13.5. The molecular formula is C28H34N4O5S. The minimum Gasteiger partial charge on any atom is -0.434 e. The summed E-state index contributed by atoms with van der Waals surface area (Å²) >= 11 is 0. The lowest BCUT2D eigenvalue weighted by molar-refractivity contribution is -0.123. The van der Waals surface area contributed by atoms with E-state index >= 15 is 0 Å². The molecule has 0 spiro atoms. The first-order valence-corrected chi connectivity index (χ1v) is 14.6. The summed E-state index contributed by atoms with van der Waals surface area (Å²) in [4.78, 5) is 35.5. The minimum atomic E-state index is -3.84. The van der Waals surface area contributed by atoms with E-state index in [1.807, 2.05) is 0 Å². The number of sulfonamides is 1. The summed E-state index contributed by atoms with van der Waals surface area (Å²) in [6, 6.07) is 13.4. The second kappa shape index (κ2) is 12.3. The molecule has 3 aromatic rings. The quantitative estimate of drug-likeness (QED) is 0.220. The second-order valence-corrected chi connectivity index (χ2v) is 11.4. The van der Waals surface area contributed by atoms with Crippen molar-refractivity contribution in [2.24, 2.45) is 10.9 Å². The van der Waals surface area contributed by atoms with Crippen LogP contribution in [0.1, 0.15) is 69.5 Å². The highest BCUT2D eigenvalue weighted by Crippen LogP contribution is 2.28. The van der Waals surface area contributed by atoms with Gasteiger partial charge in [0.1, 0.15) is 17.4 Å². The molecule has 2 atom stereocenters. The van der Waals surface area contributed by atoms with Gasteiger partial charge in [0, 0.05) is 0 Å². The molecule has 1 heterocycles. The molecule has 10 heteroatoms. The monoisotopic (exact) mass is 538 g/mol. The minimum absolute atomic E-state index is 0.0579. The Morgan fingerprint density at radius 2 is 1.74 bits per heavy atom. The van der Waals surface area contributed by atoms with E-state index in [-0.39, 0.29) is 16.6 Å². The zero-order chi connectivity index (χ0) is 27.1. The van der Waals surface area contributed by atoms with Gasteiger partial charge in [0.25, 0.3) is 15.9 Å². The molecule has 0 saturated heterocycles. The lowest BCUT2D eigenvalue weighted by Gasteiger charge is -2.25. The van der Waals surface area contributed by atoms with E-state index in [0.717, 1.165) is 25.7 Å². The molecule has 0 radical (unpaired) electrons. The van der Waals surface area contributed by atoms with Gasteiger partial charge < -0.3 is 9.73 Å². The summed E-state index contributed by atoms with van der Waals surface area (Å²) in [5.74, 6) is -0.487. The van der Waals surface area contributed by atoms with E-state index in [4.69, 9.17) is 4.42 Å². The Morgan fingerprint density at radius 1 is 1.05 bits per heavy atom. The molecule has 1 aliphatic rings. The average Bonchev–Trinajstić information content (AvgIpc) is 3.36. The fourth-order valence-electron chi connectivity index (χ4n) is 4.82. The number of fused-ring (bicyclic) bond motifs is 1. The molecule has 1 aliphatic carbocycles. The lowest BCUT2D eigenvalue weighted by Crippen LogP contribution is -2.46. The molecule has 0 unspecified atom stereocenters. The van der Waals surface area contributed by atoms with Crippen LogP contribution in [0.15, 0.2) is 68.9 Å². The smallest absolute Gasteiger partial charge is 0.266 e. The molecule has 1 amide bonds. The van der Waals surface area contributed by atoms with E-state index in [1.165, 1.54) is 25.5 Å². The molecule has 2 N–H and O–H groups in total. The molecule has 1 aromatic heterocycles. The number of aliphatic imine (C=N–C) groups is 1. The number of amidine groups is 1. The highest BCUT2D eigenvalue weighted by molar-refractivity contribution is 7.90. The Hall–Kier alpha value is -3.53. The third-order valence-electron chi connectivity index (χ3n) is 6.81. The number of benzene rings is 2. The number of hydrogen-bond acceptors (Lipinski definition) is 7. The predicted octanol–water partition coefficient (Wildman–Crippen LogP) is 4.64. The first-order chi connectivity index (χ1) is 18.3. The standard InChI is InChI=1S/C28H34N4O5S/c1-3-22(26(33)28-31-23-16-10-11-17-25(23)37-28)30-27(34)24(18-20-12-6-4-7-13-20)29-19(2)32-38(35,36)21-14-8-5-9-15-21/h5,8-11,14-17,20,22,24H,3-4,6-7,12-13,18H2,1-2H3,(H,29,32)(H,30,34)/t22-,24-/m0/s1. The van der Waals surface area contributed by atoms with E-state index in [9.17, 15) is 18.0 Å². The number of nitrogens with one attached hydrogen (secondary N) is 2. The number of carbonyl (C=O) groups is 2. The van der Waals surface area contributed by atoms with Crippen molar-refractivity contribution in [2.45, 2.75) is 75.8 Å². The molecule has 0 bridgehead atoms. The van der Waals surface area contributed by atoms with Crippen molar-refractivity contribution in [2.75, 3.05) is 0 Å². The number of aromatic nitrogens is 1. The van der Waals surface area contributed by atoms with Crippen LogP contribution in [0.2, 0.25) is 0 Å². The molecule has 38 heavy (non-hydrogen) atoms. The van der Waals surface area contributed by atoms with Gasteiger partial charge in [-0.05, 0) is 49.9 Å². The zero-order valence-electron chi connectivity index (χ0n) is 21.7. The van der Waals surface area contributed by atoms with Gasteiger partial charge in [-0.25, -0.2) is 13.4 Å². The molecule has 1 fully saturated rings. The Bertz CT molecular complexity index is 1360. The summed E-state index contributed by atoms with van der Waals surface area (Å²) in [6.07, 6.45) is 6.16. The molecule has 202 valence electrons. The Morgan fingerprint density at radius 3 is 2.42 bits per heavy atom. The topological polar surface area (TPSA) is 131 Å². The van der Waals surface area contributed by atoms with E-state index in [1.54, 1.807) is 49.4 Å². The van der Waals surface area contributed by atoms with Crippen LogP contribution in [0.5, 0.6) is 0 Å². The number of carbonyl (C=O) groups excluding carboxylic acids is 2. The molecule has 0 aliphatic heterocycles. The summed E-state index contributed by atoms with van der Waals surface area (Å²) < 4.78 is 33.6. The van der Waals surface area contributed by atoms with Crippen LogP contribution in [-0.2, 0) is 14.8 Å². The maximum absolute atomic E-state index is 13.5. The molecule has 4 rings (SSSR count). The van der Waals surface area contributed by atoms with Gasteiger partial charge in [0.05, 0.1) is 10.9 Å². The number of nitrogens with zero attached hydrogens (tertiary/aromatic N) is 2. The number of ketones is 1. The van der Waals surface area contributed by atoms with Crippen molar-refractivity contribution in [3.05, 3.63) is 60.5 Å². The van der Waals surface area contributed by atoms with Crippen LogP contribution in [-0.4, -0.2) is 43.0 Å². The summed E-state index contributed by atoms with van der Waals surface area (Å²) in [7, 11) is -3.84. The largest absolute Gasteiger partial charge is 0.434 e. The molecule has 1 saturated carbocycles. The van der Waals surface area contributed by atoms with Crippen LogP contribution in [0.4, 0.5) is 0 Å². The lowest BCUT2D eigenvalue weighted by atomic mass is 9.84. The molecule has 2 aromatic carbocycles. The van der Waals surface area contributed by atoms with Crippen LogP contribution in [0, 0.1) is 5.92 Å². The fourth-order valence-corrected chi connectivity index (χ4v) is 5.89. The first-order valence-electron chi connectivity index (χ1n) is 13.1. The zero-order valence-corrected chi connectivity index (χ0v) is 22.5. The van der Waals surface area contributed by atoms with Crippen molar-refractivity contribution < 1.29 is 22.4 Å². The second-order valence-electron chi connectivity index (χ2n) is 9.71. The third-order valence-corrected chi connectivity index (χ3v) is 8.27. The van der Waals surface area contributed by atoms with Gasteiger partial charge >= 0.3 is 0 Å². The van der Waals surface area contributed by atoms with Crippen LogP contribution < -0.4 is 10.0 Å². The van der Waals surface area contributed by atoms with Crippen LogP contribution in [0.3, 0.4) is 0 Å². The first kappa shape index (κ1) is 27.5. The fraction of sp³-hybridized carbons (Fsp3) is 0.429. The summed E-state index contributed by atoms with van der Waals surface area (Å²) in [5, 5.41) is 2.83. The number of oxazole rings is 1. The number of hydrogen-bond donors (Lipinski definition) is 2. The van der Waals surface area contributed by atoms with Crippen molar-refractivity contribution in [3.8, 4) is 0 Å². The number of para-hydroxylation sites is 2. The van der Waals surface area contributed by atoms with Crippen molar-refractivity contribution in [3.63, 3.8) is 0 Å². The van der Waals surface area contributed by atoms with Gasteiger partial charge in [-0.3, -0.25) is 19.3 Å². The Balaban J connectivity index is 1.52. The van der Waals surface area contributed by atoms with E-state index in [2.05, 4.69) is 20.0 Å². The van der Waals surface area contributed by atoms with Gasteiger partial charge in [0.15, 0.2) is 5.58 Å². The van der Waals surface area contributed by atoms with Gasteiger partial charge in [-0.1, -0.05) is 69.4 Å². The molecule has 9 nitrogen and oxygen atoms in total. The summed E-state index contributed by atoms with van der Waals surface area (Å²) in [5.41, 5.74) is 1.07. The average molecular weight is 539 g/mol. The Labute approximate surface area is 223 Å².